The Morgan fingerprint density at radius 1 is 1.33 bits per heavy atom. The normalized spacial score (nSPS) is 16.6. The highest BCUT2D eigenvalue weighted by Gasteiger charge is 2.27. The summed E-state index contributed by atoms with van der Waals surface area (Å²) in [5, 5.41) is 0.695. The van der Waals surface area contributed by atoms with Gasteiger partial charge in [-0.2, -0.15) is 0 Å². The van der Waals surface area contributed by atoms with E-state index in [1.165, 1.54) is 11.3 Å². The Hall–Kier alpha value is -2.44. The van der Waals surface area contributed by atoms with Gasteiger partial charge in [-0.3, -0.25) is 9.69 Å². The molecule has 0 radical (unpaired) electrons. The lowest BCUT2D eigenvalue weighted by Crippen LogP contribution is -2.37. The highest BCUT2D eigenvalue weighted by atomic mass is 32.1. The van der Waals surface area contributed by atoms with Crippen molar-refractivity contribution in [2.45, 2.75) is 25.9 Å². The van der Waals surface area contributed by atoms with Gasteiger partial charge in [0.1, 0.15) is 5.75 Å². The second-order valence-corrected chi connectivity index (χ2v) is 7.76. The molecule has 0 aliphatic carbocycles. The molecule has 3 aromatic rings. The number of hydrogen-bond acceptors (Lipinski definition) is 5. The van der Waals surface area contributed by atoms with E-state index in [0.29, 0.717) is 17.2 Å². The van der Waals surface area contributed by atoms with Crippen molar-refractivity contribution < 1.29 is 14.3 Å². The van der Waals surface area contributed by atoms with Crippen LogP contribution in [0.15, 0.2) is 42.5 Å². The monoisotopic (exact) mass is 382 g/mol. The number of aromatic nitrogens is 1. The summed E-state index contributed by atoms with van der Waals surface area (Å²) in [5.74, 6) is 0.744. The maximum atomic E-state index is 13.3. The van der Waals surface area contributed by atoms with Gasteiger partial charge in [0, 0.05) is 12.2 Å². The summed E-state index contributed by atoms with van der Waals surface area (Å²) in [4.78, 5) is 19.8. The highest BCUT2D eigenvalue weighted by Crippen LogP contribution is 2.33. The molecular weight excluding hydrogens is 360 g/mol. The van der Waals surface area contributed by atoms with Gasteiger partial charge in [0.2, 0.25) is 0 Å². The molecule has 0 N–H and O–H groups in total. The number of amides is 1. The standard InChI is InChI=1S/C21H22N2O3S/c1-14-5-3-6-15(11-14)20(24)23(13-17-7-4-10-26-17)21-22-18-9-8-16(25-2)12-19(18)27-21/h3,5-6,8-9,11-12,17H,4,7,10,13H2,1-2H3. The summed E-state index contributed by atoms with van der Waals surface area (Å²) in [5.41, 5.74) is 2.60. The van der Waals surface area contributed by atoms with Crippen LogP contribution in [0.2, 0.25) is 0 Å². The summed E-state index contributed by atoms with van der Waals surface area (Å²) in [7, 11) is 1.65. The topological polar surface area (TPSA) is 51.7 Å². The third-order valence-electron chi connectivity index (χ3n) is 4.74. The van der Waals surface area contributed by atoms with E-state index in [0.717, 1.165) is 41.0 Å². The maximum Gasteiger partial charge on any atom is 0.260 e. The zero-order valence-corrected chi connectivity index (χ0v) is 16.3. The number of hydrogen-bond donors (Lipinski definition) is 0. The molecule has 1 atom stereocenters. The Balaban J connectivity index is 1.71. The Labute approximate surface area is 162 Å². The molecule has 0 bridgehead atoms. The van der Waals surface area contributed by atoms with E-state index < -0.39 is 0 Å². The molecule has 2 heterocycles. The Kier molecular flexibility index (Phi) is 5.09. The fraction of sp³-hybridized carbons (Fsp3) is 0.333. The average molecular weight is 382 g/mol. The van der Waals surface area contributed by atoms with Crippen LogP contribution in [-0.2, 0) is 4.74 Å². The van der Waals surface area contributed by atoms with Crippen molar-refractivity contribution in [2.24, 2.45) is 0 Å². The number of aryl methyl sites for hydroxylation is 1. The summed E-state index contributed by atoms with van der Waals surface area (Å²) in [6.45, 7) is 3.27. The van der Waals surface area contributed by atoms with Crippen molar-refractivity contribution in [3.05, 3.63) is 53.6 Å². The number of carbonyl (C=O) groups excluding carboxylic acids is 1. The van der Waals surface area contributed by atoms with E-state index in [2.05, 4.69) is 0 Å². The minimum Gasteiger partial charge on any atom is -0.497 e. The molecule has 0 saturated carbocycles. The van der Waals surface area contributed by atoms with Gasteiger partial charge >= 0.3 is 0 Å². The van der Waals surface area contributed by atoms with Crippen LogP contribution < -0.4 is 9.64 Å². The number of carbonyl (C=O) groups is 1. The highest BCUT2D eigenvalue weighted by molar-refractivity contribution is 7.22. The zero-order valence-electron chi connectivity index (χ0n) is 15.5. The van der Waals surface area contributed by atoms with Gasteiger partial charge in [-0.25, -0.2) is 4.98 Å². The van der Waals surface area contributed by atoms with Gasteiger partial charge in [0.15, 0.2) is 5.13 Å². The number of rotatable bonds is 5. The quantitative estimate of drug-likeness (QED) is 0.655. The first-order valence-electron chi connectivity index (χ1n) is 9.09. The fourth-order valence-electron chi connectivity index (χ4n) is 3.31. The largest absolute Gasteiger partial charge is 0.497 e. The summed E-state index contributed by atoms with van der Waals surface area (Å²) < 4.78 is 12.1. The van der Waals surface area contributed by atoms with Crippen LogP contribution in [0.5, 0.6) is 5.75 Å². The number of fused-ring (bicyclic) bond motifs is 1. The molecule has 5 nitrogen and oxygen atoms in total. The molecule has 6 heteroatoms. The van der Waals surface area contributed by atoms with Gasteiger partial charge in [-0.15, -0.1) is 0 Å². The summed E-state index contributed by atoms with van der Waals surface area (Å²) in [6.07, 6.45) is 2.06. The van der Waals surface area contributed by atoms with Crippen molar-refractivity contribution in [2.75, 3.05) is 25.2 Å². The third kappa shape index (κ3) is 3.82. The van der Waals surface area contributed by atoms with Crippen LogP contribution in [0.25, 0.3) is 10.2 Å². The minimum atomic E-state index is -0.0415. The molecule has 1 aliphatic rings. The van der Waals surface area contributed by atoms with E-state index >= 15 is 0 Å². The lowest BCUT2D eigenvalue weighted by Gasteiger charge is -2.23. The lowest BCUT2D eigenvalue weighted by molar-refractivity contribution is 0.0917. The first-order chi connectivity index (χ1) is 13.1. The van der Waals surface area contributed by atoms with Crippen LogP contribution in [0.1, 0.15) is 28.8 Å². The molecule has 1 fully saturated rings. The second-order valence-electron chi connectivity index (χ2n) is 6.75. The van der Waals surface area contributed by atoms with Gasteiger partial charge < -0.3 is 9.47 Å². The van der Waals surface area contributed by atoms with Crippen LogP contribution in [0.4, 0.5) is 5.13 Å². The van der Waals surface area contributed by atoms with E-state index in [1.807, 2.05) is 49.4 Å². The van der Waals surface area contributed by atoms with Gasteiger partial charge in [-0.05, 0) is 50.1 Å². The number of thiazole rings is 1. The molecule has 2 aromatic carbocycles. The smallest absolute Gasteiger partial charge is 0.260 e. The van der Waals surface area contributed by atoms with Gasteiger partial charge in [0.05, 0.1) is 30.0 Å². The predicted octanol–water partition coefficient (Wildman–Crippen LogP) is 4.44. The van der Waals surface area contributed by atoms with E-state index in [-0.39, 0.29) is 12.0 Å². The number of methoxy groups -OCH3 is 1. The number of anilines is 1. The van der Waals surface area contributed by atoms with Crippen molar-refractivity contribution >= 4 is 32.6 Å². The Morgan fingerprint density at radius 2 is 2.22 bits per heavy atom. The lowest BCUT2D eigenvalue weighted by atomic mass is 10.1. The number of nitrogens with zero attached hydrogens (tertiary/aromatic N) is 2. The molecular formula is C21H22N2O3S. The van der Waals surface area contributed by atoms with E-state index in [4.69, 9.17) is 14.5 Å². The molecule has 1 amide bonds. The van der Waals surface area contributed by atoms with Crippen LogP contribution >= 0.6 is 11.3 Å². The Bertz CT molecular complexity index is 963. The second kappa shape index (κ2) is 7.66. The minimum absolute atomic E-state index is 0.0415. The molecule has 140 valence electrons. The molecule has 1 aromatic heterocycles. The number of benzene rings is 2. The third-order valence-corrected chi connectivity index (χ3v) is 5.78. The van der Waals surface area contributed by atoms with Crippen molar-refractivity contribution in [1.82, 2.24) is 4.98 Å². The summed E-state index contributed by atoms with van der Waals surface area (Å²) in [6, 6.07) is 13.4. The SMILES string of the molecule is COc1ccc2nc(N(CC3CCCO3)C(=O)c3cccc(C)c3)sc2c1. The van der Waals surface area contributed by atoms with Gasteiger partial charge in [-0.1, -0.05) is 29.0 Å². The van der Waals surface area contributed by atoms with Crippen molar-refractivity contribution in [3.8, 4) is 5.75 Å². The van der Waals surface area contributed by atoms with Crippen LogP contribution in [0, 0.1) is 6.92 Å². The molecule has 0 spiro atoms. The summed E-state index contributed by atoms with van der Waals surface area (Å²) >= 11 is 1.50. The average Bonchev–Trinajstić information content (AvgIpc) is 3.34. The predicted molar refractivity (Wildman–Crippen MR) is 108 cm³/mol. The molecule has 1 aliphatic heterocycles. The molecule has 1 saturated heterocycles. The maximum absolute atomic E-state index is 13.3. The first-order valence-corrected chi connectivity index (χ1v) is 9.90. The Morgan fingerprint density at radius 3 is 2.96 bits per heavy atom. The molecule has 27 heavy (non-hydrogen) atoms. The van der Waals surface area contributed by atoms with E-state index in [9.17, 15) is 4.79 Å². The first kappa shape index (κ1) is 17.9. The number of ether oxygens (including phenoxy) is 2. The van der Waals surface area contributed by atoms with Crippen molar-refractivity contribution in [1.29, 1.82) is 0 Å². The molecule has 1 unspecified atom stereocenters. The van der Waals surface area contributed by atoms with Crippen LogP contribution in [0.3, 0.4) is 0 Å². The van der Waals surface area contributed by atoms with Crippen molar-refractivity contribution in [3.63, 3.8) is 0 Å². The van der Waals surface area contributed by atoms with E-state index in [1.54, 1.807) is 12.0 Å². The van der Waals surface area contributed by atoms with Gasteiger partial charge in [0.25, 0.3) is 5.91 Å². The zero-order chi connectivity index (χ0) is 18.8. The van der Waals surface area contributed by atoms with Crippen LogP contribution in [-0.4, -0.2) is 37.3 Å². The molecule has 4 rings (SSSR count). The fourth-order valence-corrected chi connectivity index (χ4v) is 4.31.